The Hall–Kier alpha value is 0.740. The first-order valence-electron chi connectivity index (χ1n) is 9.08. The van der Waals surface area contributed by atoms with Gasteiger partial charge in [0.05, 0.1) is 12.5 Å². The predicted octanol–water partition coefficient (Wildman–Crippen LogP) is -3.55. The zero-order chi connectivity index (χ0) is 20.8. The summed E-state index contributed by atoms with van der Waals surface area (Å²) in [5.41, 5.74) is 2.61. The fourth-order valence-corrected chi connectivity index (χ4v) is 2.14. The molecule has 0 saturated heterocycles. The summed E-state index contributed by atoms with van der Waals surface area (Å²) < 4.78 is 5.22. The van der Waals surface area contributed by atoms with Gasteiger partial charge in [-0.05, 0) is 25.5 Å². The van der Waals surface area contributed by atoms with Gasteiger partial charge >= 0.3 is 116 Å². The first kappa shape index (κ1) is 32.9. The molecule has 0 aliphatic heterocycles. The summed E-state index contributed by atoms with van der Waals surface area (Å²) in [5.74, 6) is -0.310. The fraction of sp³-hybridized carbons (Fsp3) is 0.450. The molecule has 0 aromatic heterocycles. The van der Waals surface area contributed by atoms with E-state index in [1.165, 1.54) is 7.05 Å². The van der Waals surface area contributed by atoms with E-state index in [2.05, 4.69) is 21.3 Å². The molecule has 0 radical (unpaired) electrons. The molecular weight excluding hydrogens is 531 g/mol. The molecule has 30 heavy (non-hydrogen) atoms. The molecule has 8 nitrogen and oxygen atoms in total. The molecule has 0 aliphatic rings. The van der Waals surface area contributed by atoms with Crippen molar-refractivity contribution < 1.29 is 135 Å². The van der Waals surface area contributed by atoms with Crippen LogP contribution in [0.1, 0.15) is 24.5 Å². The molecule has 1 aromatic carbocycles. The maximum absolute atomic E-state index is 11.9. The number of carbonyl (C=O) groups excluding carboxylic acids is 3. The van der Waals surface area contributed by atoms with E-state index >= 15 is 0 Å². The Balaban J connectivity index is 0. The van der Waals surface area contributed by atoms with Gasteiger partial charge in [-0.15, -0.1) is 6.54 Å². The van der Waals surface area contributed by atoms with E-state index < -0.39 is 0 Å². The summed E-state index contributed by atoms with van der Waals surface area (Å²) in [6, 6.07) is 7.07. The number of amides is 3. The van der Waals surface area contributed by atoms with Crippen LogP contribution in [0.25, 0.3) is 10.6 Å². The summed E-state index contributed by atoms with van der Waals surface area (Å²) in [5, 5.41) is 13.0. The molecule has 0 aliphatic carbocycles. The molecule has 0 fully saturated rings. The smallest absolute Gasteiger partial charge is 0.648 e. The number of rotatable bonds is 12. The summed E-state index contributed by atoms with van der Waals surface area (Å²) in [6.45, 7) is 2.70. The average Bonchev–Trinajstić information content (AvgIpc) is 2.69. The summed E-state index contributed by atoms with van der Waals surface area (Å²) in [6.07, 6.45) is 2.47. The molecule has 1 aromatic rings. The molecule has 3 amide bonds. The van der Waals surface area contributed by atoms with E-state index in [1.807, 2.05) is 31.2 Å². The van der Waals surface area contributed by atoms with Gasteiger partial charge in [-0.2, -0.15) is 0 Å². The molecule has 0 bridgehead atoms. The summed E-state index contributed by atoms with van der Waals surface area (Å²) in [7, 11) is 3.28. The molecule has 1 rings (SSSR count). The van der Waals surface area contributed by atoms with Gasteiger partial charge in [-0.3, -0.25) is 9.59 Å². The van der Waals surface area contributed by atoms with Crippen molar-refractivity contribution in [3.05, 3.63) is 57.8 Å². The average molecular weight is 559 g/mol. The molecule has 10 heteroatoms. The minimum absolute atomic E-state index is 0. The number of ketones is 1. The monoisotopic (exact) mass is 558 g/mol. The van der Waals surface area contributed by atoms with Gasteiger partial charge in [0, 0.05) is 31.8 Å². The van der Waals surface area contributed by atoms with Crippen molar-refractivity contribution >= 4 is 17.7 Å². The van der Waals surface area contributed by atoms with Crippen LogP contribution >= 0.6 is 0 Å². The van der Waals surface area contributed by atoms with Crippen molar-refractivity contribution in [2.24, 2.45) is 0 Å². The van der Waals surface area contributed by atoms with Gasteiger partial charge in [0.15, 0.2) is 11.8 Å². The van der Waals surface area contributed by atoms with Gasteiger partial charge in [-0.25, -0.2) is 0 Å². The predicted molar refractivity (Wildman–Crippen MR) is 108 cm³/mol. The number of nitrogens with one attached hydrogen (secondary N) is 2. The summed E-state index contributed by atoms with van der Waals surface area (Å²) in [4.78, 5) is 34.5. The Labute approximate surface area is 276 Å². The second kappa shape index (κ2) is 20.4. The van der Waals surface area contributed by atoms with E-state index in [4.69, 9.17) is 4.74 Å². The van der Waals surface area contributed by atoms with Crippen molar-refractivity contribution in [2.45, 2.75) is 26.3 Å². The number of carbonyl (C=O) groups is 3. The zero-order valence-electron chi connectivity index (χ0n) is 18.7. The topological polar surface area (TPSA) is 113 Å². The quantitative estimate of drug-likeness (QED) is 0.204. The minimum atomic E-state index is -0.369. The van der Waals surface area contributed by atoms with Gasteiger partial charge in [0.25, 0.3) is 0 Å². The maximum Gasteiger partial charge on any atom is 1.00 e. The van der Waals surface area contributed by atoms with Gasteiger partial charge in [-0.1, -0.05) is 36.9 Å². The normalized spacial score (nSPS) is 10.2. The SMILES string of the molecule is CNC(=O)[N-]CCCOCC(=O)[N-]Cc1ccc(CC(=O)/C=C(/C)NC)cc1.[Rb+].[Rb+]. The molecule has 0 heterocycles. The minimum Gasteiger partial charge on any atom is -0.648 e. The first-order valence-corrected chi connectivity index (χ1v) is 9.08. The van der Waals surface area contributed by atoms with Crippen LogP contribution in [0.2, 0.25) is 0 Å². The van der Waals surface area contributed by atoms with E-state index in [1.54, 1.807) is 13.1 Å². The number of benzene rings is 1. The van der Waals surface area contributed by atoms with Gasteiger partial charge < -0.3 is 30.8 Å². The Morgan fingerprint density at radius 2 is 1.63 bits per heavy atom. The Kier molecular flexibility index (Phi) is 22.3. The third-order valence-corrected chi connectivity index (χ3v) is 3.75. The van der Waals surface area contributed by atoms with E-state index in [-0.39, 0.29) is 147 Å². The van der Waals surface area contributed by atoms with Crippen LogP contribution in [0.3, 0.4) is 0 Å². The largest absolute Gasteiger partial charge is 1.00 e. The molecular formula is C20H28N4O4Rb2. The molecule has 0 spiro atoms. The Bertz CT molecular complexity index is 682. The molecule has 0 unspecified atom stereocenters. The van der Waals surface area contributed by atoms with Crippen molar-refractivity contribution in [1.29, 1.82) is 0 Å². The van der Waals surface area contributed by atoms with Gasteiger partial charge in [0.2, 0.25) is 0 Å². The number of hydrogen-bond acceptors (Lipinski definition) is 5. The van der Waals surface area contributed by atoms with Gasteiger partial charge in [0.1, 0.15) is 0 Å². The number of urea groups is 1. The van der Waals surface area contributed by atoms with E-state index in [0.29, 0.717) is 26.0 Å². The van der Waals surface area contributed by atoms with E-state index in [0.717, 1.165) is 16.8 Å². The molecule has 0 saturated carbocycles. The fourth-order valence-electron chi connectivity index (χ4n) is 2.14. The van der Waals surface area contributed by atoms with Crippen molar-refractivity contribution in [1.82, 2.24) is 10.6 Å². The Morgan fingerprint density at radius 3 is 2.23 bits per heavy atom. The van der Waals surface area contributed by atoms with Crippen LogP contribution < -0.4 is 127 Å². The zero-order valence-corrected chi connectivity index (χ0v) is 28.5. The number of allylic oxidation sites excluding steroid dienone is 2. The second-order valence-electron chi connectivity index (χ2n) is 6.09. The van der Waals surface area contributed by atoms with Crippen LogP contribution in [0.5, 0.6) is 0 Å². The maximum atomic E-state index is 11.9. The van der Waals surface area contributed by atoms with Crippen LogP contribution in [0, 0.1) is 0 Å². The van der Waals surface area contributed by atoms with E-state index in [9.17, 15) is 14.4 Å². The molecule has 2 N–H and O–H groups in total. The third-order valence-electron chi connectivity index (χ3n) is 3.75. The summed E-state index contributed by atoms with van der Waals surface area (Å²) >= 11 is 0. The molecule has 154 valence electrons. The van der Waals surface area contributed by atoms with Crippen LogP contribution in [0.15, 0.2) is 36.0 Å². The second-order valence-corrected chi connectivity index (χ2v) is 6.09. The van der Waals surface area contributed by atoms with Crippen LogP contribution in [-0.2, 0) is 27.3 Å². The van der Waals surface area contributed by atoms with Crippen LogP contribution in [-0.4, -0.2) is 51.6 Å². The van der Waals surface area contributed by atoms with Crippen LogP contribution in [0.4, 0.5) is 4.79 Å². The Morgan fingerprint density at radius 1 is 1.00 bits per heavy atom. The van der Waals surface area contributed by atoms with Crippen molar-refractivity contribution in [3.63, 3.8) is 0 Å². The standard InChI is InChI=1S/C20H30N4O4.2Rb/c1-15(21-2)11-18(25)12-16-5-7-17(8-6-16)13-24-19(26)14-28-10-4-9-23-20(27)22-3;;/h5-8,11H,4,9-10,12-14H2,1-3H3,(H4,21,22,23,24,25,26,27);;/q;2*+1/p-2. The van der Waals surface area contributed by atoms with Crippen molar-refractivity contribution in [2.75, 3.05) is 33.9 Å². The molecule has 0 atom stereocenters. The third kappa shape index (κ3) is 16.4. The first-order chi connectivity index (χ1) is 13.4. The number of hydrogen-bond donors (Lipinski definition) is 2. The van der Waals surface area contributed by atoms with Crippen molar-refractivity contribution in [3.8, 4) is 0 Å². The number of ether oxygens (including phenoxy) is 1. The number of nitrogens with zero attached hydrogens (tertiary/aromatic N) is 2.